The van der Waals surface area contributed by atoms with Crippen molar-refractivity contribution >= 4 is 28.7 Å². The van der Waals surface area contributed by atoms with E-state index in [2.05, 4.69) is 10.6 Å². The fraction of sp³-hybridized carbons (Fsp3) is 0.235. The van der Waals surface area contributed by atoms with Crippen LogP contribution in [0.15, 0.2) is 42.5 Å². The average Bonchev–Trinajstić information content (AvgIpc) is 2.56. The van der Waals surface area contributed by atoms with Crippen molar-refractivity contribution in [2.24, 2.45) is 0 Å². The van der Waals surface area contributed by atoms with Gasteiger partial charge in [-0.25, -0.2) is 0 Å². The molecular weight excluding hydrogens is 312 g/mol. The molecule has 0 atom stereocenters. The molecule has 0 fully saturated rings. The largest absolute Gasteiger partial charge is 0.497 e. The number of hydrogen-bond acceptors (Lipinski definition) is 4. The third-order valence-corrected chi connectivity index (χ3v) is 3.28. The molecule has 2 N–H and O–H groups in total. The summed E-state index contributed by atoms with van der Waals surface area (Å²) < 4.78 is 15.9. The molecule has 6 heteroatoms. The lowest BCUT2D eigenvalue weighted by Crippen LogP contribution is -2.19. The van der Waals surface area contributed by atoms with E-state index in [4.69, 9.17) is 26.4 Å². The van der Waals surface area contributed by atoms with Gasteiger partial charge in [-0.2, -0.15) is 0 Å². The summed E-state index contributed by atoms with van der Waals surface area (Å²) in [5.41, 5.74) is 1.60. The second kappa shape index (κ2) is 8.24. The number of methoxy groups -OCH3 is 2. The van der Waals surface area contributed by atoms with Crippen LogP contribution >= 0.6 is 12.2 Å². The van der Waals surface area contributed by atoms with Crippen LogP contribution in [0.25, 0.3) is 0 Å². The Kier molecular flexibility index (Phi) is 6.05. The van der Waals surface area contributed by atoms with E-state index < -0.39 is 0 Å². The molecule has 0 aromatic heterocycles. The van der Waals surface area contributed by atoms with Crippen molar-refractivity contribution in [1.29, 1.82) is 0 Å². The summed E-state index contributed by atoms with van der Waals surface area (Å²) in [5.74, 6) is 2.23. The van der Waals surface area contributed by atoms with Gasteiger partial charge in [0, 0.05) is 11.8 Å². The molecule has 0 unspecified atom stereocenters. The van der Waals surface area contributed by atoms with Crippen molar-refractivity contribution in [3.8, 4) is 17.2 Å². The molecule has 2 aromatic rings. The molecule has 0 saturated carbocycles. The topological polar surface area (TPSA) is 51.8 Å². The van der Waals surface area contributed by atoms with Crippen LogP contribution < -0.4 is 24.8 Å². The van der Waals surface area contributed by atoms with Crippen LogP contribution in [0.4, 0.5) is 11.4 Å². The highest BCUT2D eigenvalue weighted by Gasteiger charge is 2.07. The van der Waals surface area contributed by atoms with Gasteiger partial charge in [-0.3, -0.25) is 0 Å². The number of nitrogens with one attached hydrogen (secondary N) is 2. The molecule has 0 saturated heterocycles. The standard InChI is InChI=1S/C17H20N2O3S/c1-4-22-13-7-5-12(6-8-13)18-17(23)19-15-11-14(20-2)9-10-16(15)21-3/h5-11H,4H2,1-3H3,(H2,18,19,23). The Morgan fingerprint density at radius 2 is 1.65 bits per heavy atom. The lowest BCUT2D eigenvalue weighted by atomic mass is 10.2. The predicted molar refractivity (Wildman–Crippen MR) is 97.0 cm³/mol. The van der Waals surface area contributed by atoms with Crippen molar-refractivity contribution in [2.45, 2.75) is 6.92 Å². The summed E-state index contributed by atoms with van der Waals surface area (Å²) in [7, 11) is 3.22. The maximum absolute atomic E-state index is 5.41. The highest BCUT2D eigenvalue weighted by Crippen LogP contribution is 2.29. The van der Waals surface area contributed by atoms with E-state index in [-0.39, 0.29) is 0 Å². The summed E-state index contributed by atoms with van der Waals surface area (Å²) in [5, 5.41) is 6.68. The van der Waals surface area contributed by atoms with E-state index in [1.807, 2.05) is 49.4 Å². The van der Waals surface area contributed by atoms with E-state index in [0.29, 0.717) is 17.5 Å². The van der Waals surface area contributed by atoms with Crippen LogP contribution in [0.5, 0.6) is 17.2 Å². The van der Waals surface area contributed by atoms with Gasteiger partial charge in [-0.1, -0.05) is 0 Å². The van der Waals surface area contributed by atoms with Crippen molar-refractivity contribution in [2.75, 3.05) is 31.5 Å². The molecule has 0 aliphatic rings. The van der Waals surface area contributed by atoms with Gasteiger partial charge in [0.2, 0.25) is 0 Å². The van der Waals surface area contributed by atoms with Crippen molar-refractivity contribution in [3.05, 3.63) is 42.5 Å². The van der Waals surface area contributed by atoms with Gasteiger partial charge in [-0.05, 0) is 55.5 Å². The van der Waals surface area contributed by atoms with Gasteiger partial charge in [0.15, 0.2) is 5.11 Å². The van der Waals surface area contributed by atoms with Gasteiger partial charge in [-0.15, -0.1) is 0 Å². The van der Waals surface area contributed by atoms with E-state index in [0.717, 1.165) is 22.9 Å². The number of thiocarbonyl (C=S) groups is 1. The molecule has 5 nitrogen and oxygen atoms in total. The van der Waals surface area contributed by atoms with Crippen LogP contribution in [-0.2, 0) is 0 Å². The Labute approximate surface area is 141 Å². The molecular formula is C17H20N2O3S. The zero-order chi connectivity index (χ0) is 16.7. The third kappa shape index (κ3) is 4.75. The Balaban J connectivity index is 2.04. The molecule has 2 rings (SSSR count). The van der Waals surface area contributed by atoms with E-state index in [9.17, 15) is 0 Å². The zero-order valence-electron chi connectivity index (χ0n) is 13.4. The summed E-state index contributed by atoms with van der Waals surface area (Å²) in [6, 6.07) is 13.1. The van der Waals surface area contributed by atoms with Crippen LogP contribution in [0, 0.1) is 0 Å². The van der Waals surface area contributed by atoms with Crippen molar-refractivity contribution < 1.29 is 14.2 Å². The van der Waals surface area contributed by atoms with Crippen LogP contribution in [0.1, 0.15) is 6.92 Å². The molecule has 23 heavy (non-hydrogen) atoms. The van der Waals surface area contributed by atoms with Crippen LogP contribution in [-0.4, -0.2) is 25.9 Å². The Hall–Kier alpha value is -2.47. The zero-order valence-corrected chi connectivity index (χ0v) is 14.2. The Bertz CT molecular complexity index is 659. The minimum Gasteiger partial charge on any atom is -0.497 e. The Morgan fingerprint density at radius 1 is 0.957 bits per heavy atom. The molecule has 0 aliphatic carbocycles. The first-order valence-electron chi connectivity index (χ1n) is 7.19. The summed E-state index contributed by atoms with van der Waals surface area (Å²) >= 11 is 5.34. The highest BCUT2D eigenvalue weighted by molar-refractivity contribution is 7.80. The second-order valence-corrected chi connectivity index (χ2v) is 5.01. The number of ether oxygens (including phenoxy) is 3. The fourth-order valence-electron chi connectivity index (χ4n) is 2.00. The van der Waals surface area contributed by atoms with Gasteiger partial charge in [0.25, 0.3) is 0 Å². The highest BCUT2D eigenvalue weighted by atomic mass is 32.1. The first kappa shape index (κ1) is 16.9. The number of benzene rings is 2. The van der Waals surface area contributed by atoms with Crippen LogP contribution in [0.3, 0.4) is 0 Å². The van der Waals surface area contributed by atoms with Gasteiger partial charge < -0.3 is 24.8 Å². The lowest BCUT2D eigenvalue weighted by molar-refractivity contribution is 0.340. The molecule has 0 aliphatic heterocycles. The maximum Gasteiger partial charge on any atom is 0.175 e. The number of hydrogen-bond donors (Lipinski definition) is 2. The van der Waals surface area contributed by atoms with Crippen molar-refractivity contribution in [3.63, 3.8) is 0 Å². The van der Waals surface area contributed by atoms with E-state index >= 15 is 0 Å². The molecule has 0 bridgehead atoms. The molecule has 2 aromatic carbocycles. The first-order valence-corrected chi connectivity index (χ1v) is 7.60. The average molecular weight is 332 g/mol. The Morgan fingerprint density at radius 3 is 2.26 bits per heavy atom. The summed E-state index contributed by atoms with van der Waals surface area (Å²) in [6.07, 6.45) is 0. The quantitative estimate of drug-likeness (QED) is 0.782. The molecule has 0 radical (unpaired) electrons. The molecule has 0 heterocycles. The normalized spacial score (nSPS) is 9.87. The minimum atomic E-state index is 0.459. The number of anilines is 2. The molecule has 0 spiro atoms. The van der Waals surface area contributed by atoms with Gasteiger partial charge in [0.05, 0.1) is 26.5 Å². The summed E-state index contributed by atoms with van der Waals surface area (Å²) in [4.78, 5) is 0. The first-order chi connectivity index (χ1) is 11.2. The van der Waals surface area contributed by atoms with Crippen molar-refractivity contribution in [1.82, 2.24) is 0 Å². The predicted octanol–water partition coefficient (Wildman–Crippen LogP) is 3.91. The third-order valence-electron chi connectivity index (χ3n) is 3.08. The molecule has 122 valence electrons. The SMILES string of the molecule is CCOc1ccc(NC(=S)Nc2cc(OC)ccc2OC)cc1. The van der Waals surface area contributed by atoms with Gasteiger partial charge in [0.1, 0.15) is 17.2 Å². The summed E-state index contributed by atoms with van der Waals surface area (Å²) in [6.45, 7) is 2.59. The fourth-order valence-corrected chi connectivity index (χ4v) is 2.23. The van der Waals surface area contributed by atoms with Crippen LogP contribution in [0.2, 0.25) is 0 Å². The van der Waals surface area contributed by atoms with E-state index in [1.54, 1.807) is 14.2 Å². The minimum absolute atomic E-state index is 0.459. The van der Waals surface area contributed by atoms with E-state index in [1.165, 1.54) is 0 Å². The van der Waals surface area contributed by atoms with Gasteiger partial charge >= 0.3 is 0 Å². The lowest BCUT2D eigenvalue weighted by Gasteiger charge is -2.14. The smallest absolute Gasteiger partial charge is 0.175 e. The maximum atomic E-state index is 5.41. The molecule has 0 amide bonds. The second-order valence-electron chi connectivity index (χ2n) is 4.60. The monoisotopic (exact) mass is 332 g/mol. The number of rotatable bonds is 6.